The van der Waals surface area contributed by atoms with E-state index in [4.69, 9.17) is 5.11 Å². The zero-order chi connectivity index (χ0) is 13.2. The minimum absolute atomic E-state index is 0.347. The van der Waals surface area contributed by atoms with Crippen molar-refractivity contribution in [2.75, 3.05) is 0 Å². The van der Waals surface area contributed by atoms with Gasteiger partial charge in [-0.25, -0.2) is 0 Å². The zero-order valence-electron chi connectivity index (χ0n) is 12.0. The molecule has 0 saturated heterocycles. The molecule has 0 heterocycles. The van der Waals surface area contributed by atoms with E-state index in [2.05, 4.69) is 6.92 Å². The number of carbonyl (C=O) groups is 1. The van der Waals surface area contributed by atoms with Crippen molar-refractivity contribution in [2.24, 2.45) is 11.8 Å². The summed E-state index contributed by atoms with van der Waals surface area (Å²) in [7, 11) is 0. The molecular weight excluding hydrogens is 224 g/mol. The third-order valence-corrected chi connectivity index (χ3v) is 4.31. The first-order valence-electron chi connectivity index (χ1n) is 7.95. The molecule has 0 unspecified atom stereocenters. The Balaban J connectivity index is 1.70. The molecule has 2 atom stereocenters. The Morgan fingerprint density at radius 1 is 0.944 bits per heavy atom. The quantitative estimate of drug-likeness (QED) is 0.497. The molecule has 106 valence electrons. The fraction of sp³-hybridized carbons (Fsp3) is 0.938. The van der Waals surface area contributed by atoms with Gasteiger partial charge in [0.1, 0.15) is 0 Å². The maximum absolute atomic E-state index is 10.3. The summed E-state index contributed by atoms with van der Waals surface area (Å²) in [6.45, 7) is 2.31. The van der Waals surface area contributed by atoms with E-state index in [0.29, 0.717) is 6.42 Å². The van der Waals surface area contributed by atoms with Gasteiger partial charge >= 0.3 is 5.97 Å². The molecule has 0 aromatic carbocycles. The van der Waals surface area contributed by atoms with E-state index in [0.717, 1.165) is 24.7 Å². The number of aliphatic carboxylic acids is 1. The number of hydrogen-bond acceptors (Lipinski definition) is 1. The lowest BCUT2D eigenvalue weighted by Crippen LogP contribution is -1.93. The SMILES string of the molecule is CC[C@H]1C[C@H]1CCCCCCCCCCC(=O)O. The number of rotatable bonds is 12. The van der Waals surface area contributed by atoms with Crippen LogP contribution in [0.2, 0.25) is 0 Å². The third kappa shape index (κ3) is 7.73. The summed E-state index contributed by atoms with van der Waals surface area (Å²) in [5, 5.41) is 8.50. The van der Waals surface area contributed by atoms with E-state index in [1.165, 1.54) is 57.8 Å². The van der Waals surface area contributed by atoms with E-state index in [-0.39, 0.29) is 0 Å². The Bertz CT molecular complexity index is 225. The van der Waals surface area contributed by atoms with Gasteiger partial charge in [-0.15, -0.1) is 0 Å². The molecule has 0 aromatic heterocycles. The summed E-state index contributed by atoms with van der Waals surface area (Å²) in [5.74, 6) is 1.49. The second-order valence-electron chi connectivity index (χ2n) is 5.92. The van der Waals surface area contributed by atoms with Crippen molar-refractivity contribution in [1.29, 1.82) is 0 Å². The molecule has 1 N–H and O–H groups in total. The maximum atomic E-state index is 10.3. The highest BCUT2D eigenvalue weighted by atomic mass is 16.4. The molecule has 0 bridgehead atoms. The molecule has 1 rings (SSSR count). The molecule has 1 aliphatic rings. The van der Waals surface area contributed by atoms with Crippen LogP contribution in [0.4, 0.5) is 0 Å². The van der Waals surface area contributed by atoms with Crippen molar-refractivity contribution >= 4 is 5.97 Å². The largest absolute Gasteiger partial charge is 0.481 e. The fourth-order valence-corrected chi connectivity index (χ4v) is 2.91. The van der Waals surface area contributed by atoms with Crippen LogP contribution in [0.3, 0.4) is 0 Å². The van der Waals surface area contributed by atoms with Crippen molar-refractivity contribution < 1.29 is 9.90 Å². The highest BCUT2D eigenvalue weighted by Gasteiger charge is 2.33. The Morgan fingerprint density at radius 2 is 1.50 bits per heavy atom. The van der Waals surface area contributed by atoms with Gasteiger partial charge in [0.25, 0.3) is 0 Å². The van der Waals surface area contributed by atoms with Crippen LogP contribution in [0.25, 0.3) is 0 Å². The zero-order valence-corrected chi connectivity index (χ0v) is 12.0. The maximum Gasteiger partial charge on any atom is 0.303 e. The number of carboxylic acid groups (broad SMARTS) is 1. The van der Waals surface area contributed by atoms with Gasteiger partial charge in [0.2, 0.25) is 0 Å². The van der Waals surface area contributed by atoms with E-state index in [9.17, 15) is 4.79 Å². The summed E-state index contributed by atoms with van der Waals surface area (Å²) < 4.78 is 0. The lowest BCUT2D eigenvalue weighted by atomic mass is 10.0. The van der Waals surface area contributed by atoms with Crippen LogP contribution in [0.5, 0.6) is 0 Å². The van der Waals surface area contributed by atoms with Crippen LogP contribution in [0, 0.1) is 11.8 Å². The predicted octanol–water partition coefficient (Wildman–Crippen LogP) is 5.02. The average molecular weight is 254 g/mol. The Morgan fingerprint density at radius 3 is 2.00 bits per heavy atom. The van der Waals surface area contributed by atoms with E-state index in [1.54, 1.807) is 0 Å². The standard InChI is InChI=1S/C16H30O2/c1-2-14-13-15(14)11-9-7-5-3-4-6-8-10-12-16(17)18/h14-15H,2-13H2,1H3,(H,17,18)/t14-,15+/m0/s1. The molecule has 18 heavy (non-hydrogen) atoms. The van der Waals surface area contributed by atoms with Crippen LogP contribution in [-0.4, -0.2) is 11.1 Å². The first-order chi connectivity index (χ1) is 8.74. The molecule has 0 aliphatic heterocycles. The molecule has 0 aromatic rings. The molecule has 1 aliphatic carbocycles. The Hall–Kier alpha value is -0.530. The molecular formula is C16H30O2. The van der Waals surface area contributed by atoms with E-state index < -0.39 is 5.97 Å². The third-order valence-electron chi connectivity index (χ3n) is 4.31. The van der Waals surface area contributed by atoms with Gasteiger partial charge in [-0.1, -0.05) is 64.7 Å². The van der Waals surface area contributed by atoms with Crippen molar-refractivity contribution in [2.45, 2.75) is 84.0 Å². The molecule has 0 radical (unpaired) electrons. The first-order valence-corrected chi connectivity index (χ1v) is 7.95. The second-order valence-corrected chi connectivity index (χ2v) is 5.92. The monoisotopic (exact) mass is 254 g/mol. The van der Waals surface area contributed by atoms with Crippen LogP contribution >= 0.6 is 0 Å². The highest BCUT2D eigenvalue weighted by molar-refractivity contribution is 5.66. The minimum atomic E-state index is -0.652. The lowest BCUT2D eigenvalue weighted by Gasteiger charge is -2.02. The summed E-state index contributed by atoms with van der Waals surface area (Å²) in [5.41, 5.74) is 0. The predicted molar refractivity (Wildman–Crippen MR) is 75.7 cm³/mol. The molecule has 2 nitrogen and oxygen atoms in total. The van der Waals surface area contributed by atoms with Crippen molar-refractivity contribution in [1.82, 2.24) is 0 Å². The van der Waals surface area contributed by atoms with Crippen LogP contribution in [0.15, 0.2) is 0 Å². The van der Waals surface area contributed by atoms with Crippen molar-refractivity contribution in [3.05, 3.63) is 0 Å². The normalized spacial score (nSPS) is 22.1. The van der Waals surface area contributed by atoms with Gasteiger partial charge in [0.15, 0.2) is 0 Å². The van der Waals surface area contributed by atoms with E-state index in [1.807, 2.05) is 0 Å². The van der Waals surface area contributed by atoms with Gasteiger partial charge < -0.3 is 5.11 Å². The number of hydrogen-bond donors (Lipinski definition) is 1. The number of carboxylic acids is 1. The molecule has 1 fully saturated rings. The number of unbranched alkanes of at least 4 members (excludes halogenated alkanes) is 7. The second kappa shape index (κ2) is 9.41. The minimum Gasteiger partial charge on any atom is -0.481 e. The smallest absolute Gasteiger partial charge is 0.303 e. The lowest BCUT2D eigenvalue weighted by molar-refractivity contribution is -0.137. The molecule has 0 spiro atoms. The highest BCUT2D eigenvalue weighted by Crippen LogP contribution is 2.44. The van der Waals surface area contributed by atoms with E-state index >= 15 is 0 Å². The van der Waals surface area contributed by atoms with Crippen LogP contribution in [0.1, 0.15) is 84.0 Å². The van der Waals surface area contributed by atoms with Gasteiger partial charge in [-0.2, -0.15) is 0 Å². The van der Waals surface area contributed by atoms with Crippen molar-refractivity contribution in [3.8, 4) is 0 Å². The summed E-state index contributed by atoms with van der Waals surface area (Å²) in [4.78, 5) is 10.3. The average Bonchev–Trinajstić information content (AvgIpc) is 3.10. The molecule has 2 heteroatoms. The Labute approximate surface area is 112 Å². The summed E-state index contributed by atoms with van der Waals surface area (Å²) in [6, 6.07) is 0. The van der Waals surface area contributed by atoms with Gasteiger partial charge in [0.05, 0.1) is 0 Å². The Kier molecular flexibility index (Phi) is 8.11. The van der Waals surface area contributed by atoms with Crippen molar-refractivity contribution in [3.63, 3.8) is 0 Å². The van der Waals surface area contributed by atoms with Gasteiger partial charge in [0, 0.05) is 6.42 Å². The fourth-order valence-electron chi connectivity index (χ4n) is 2.91. The first kappa shape index (κ1) is 15.5. The molecule has 0 amide bonds. The van der Waals surface area contributed by atoms with Gasteiger partial charge in [-0.05, 0) is 24.7 Å². The molecule has 1 saturated carbocycles. The van der Waals surface area contributed by atoms with Gasteiger partial charge in [-0.3, -0.25) is 4.79 Å². The van der Waals surface area contributed by atoms with Crippen LogP contribution in [-0.2, 0) is 4.79 Å². The summed E-state index contributed by atoms with van der Waals surface area (Å²) >= 11 is 0. The topological polar surface area (TPSA) is 37.3 Å². The van der Waals surface area contributed by atoms with Crippen LogP contribution < -0.4 is 0 Å². The summed E-state index contributed by atoms with van der Waals surface area (Å²) in [6.07, 6.45) is 14.7.